The highest BCUT2D eigenvalue weighted by Gasteiger charge is 1.85. The van der Waals surface area contributed by atoms with Gasteiger partial charge in [0.1, 0.15) is 6.34 Å². The molecule has 0 saturated carbocycles. The third kappa shape index (κ3) is 2.54. The van der Waals surface area contributed by atoms with E-state index in [4.69, 9.17) is 5.73 Å². The molecule has 1 aromatic carbocycles. The maximum Gasteiger partial charge on any atom is 0.108 e. The molecule has 2 N–H and O–H groups in total. The first-order valence-corrected chi connectivity index (χ1v) is 3.66. The number of aryl methyl sites for hydroxylation is 1. The lowest BCUT2D eigenvalue weighted by atomic mass is 10.2. The molecule has 0 heterocycles. The summed E-state index contributed by atoms with van der Waals surface area (Å²) in [4.78, 5) is 0. The van der Waals surface area contributed by atoms with Crippen LogP contribution in [-0.2, 0) is 0 Å². The van der Waals surface area contributed by atoms with Crippen molar-refractivity contribution < 1.29 is 0 Å². The normalized spacial score (nSPS) is 11.4. The summed E-state index contributed by atoms with van der Waals surface area (Å²) in [6.45, 7) is 2.04. The van der Waals surface area contributed by atoms with E-state index in [2.05, 4.69) is 10.2 Å². The molecule has 0 aromatic heterocycles. The van der Waals surface area contributed by atoms with Crippen LogP contribution in [0.1, 0.15) is 11.1 Å². The maximum absolute atomic E-state index is 5.01. The molecule has 0 unspecified atom stereocenters. The summed E-state index contributed by atoms with van der Waals surface area (Å²) in [6, 6.07) is 8.00. The van der Waals surface area contributed by atoms with E-state index < -0.39 is 0 Å². The van der Waals surface area contributed by atoms with E-state index in [0.717, 1.165) is 11.9 Å². The first-order valence-electron chi connectivity index (χ1n) is 3.66. The molecule has 0 saturated heterocycles. The van der Waals surface area contributed by atoms with Gasteiger partial charge in [-0.2, -0.15) is 5.10 Å². The molecule has 0 aliphatic rings. The van der Waals surface area contributed by atoms with Crippen LogP contribution in [0.25, 0.3) is 0 Å². The quantitative estimate of drug-likeness (QED) is 0.397. The van der Waals surface area contributed by atoms with Gasteiger partial charge < -0.3 is 5.73 Å². The summed E-state index contributed by atoms with van der Waals surface area (Å²) in [5, 5.41) is 7.22. The molecule has 12 heavy (non-hydrogen) atoms. The zero-order valence-corrected chi connectivity index (χ0v) is 6.94. The van der Waals surface area contributed by atoms with Crippen LogP contribution in [0.15, 0.2) is 34.5 Å². The molecule has 3 heteroatoms. The van der Waals surface area contributed by atoms with Crippen LogP contribution in [0.5, 0.6) is 0 Å². The molecular formula is C9H11N3. The Morgan fingerprint density at radius 3 is 2.42 bits per heavy atom. The van der Waals surface area contributed by atoms with Gasteiger partial charge in [-0.1, -0.05) is 29.8 Å². The highest BCUT2D eigenvalue weighted by atomic mass is 15.2. The van der Waals surface area contributed by atoms with Crippen molar-refractivity contribution in [3.63, 3.8) is 0 Å². The van der Waals surface area contributed by atoms with E-state index in [0.29, 0.717) is 0 Å². The number of nitrogens with zero attached hydrogens (tertiary/aromatic N) is 2. The molecule has 0 fully saturated rings. The van der Waals surface area contributed by atoms with Gasteiger partial charge in [0.2, 0.25) is 0 Å². The lowest BCUT2D eigenvalue weighted by Crippen LogP contribution is -1.86. The summed E-state index contributed by atoms with van der Waals surface area (Å²) in [6.07, 6.45) is 2.81. The Morgan fingerprint density at radius 2 is 1.83 bits per heavy atom. The van der Waals surface area contributed by atoms with Gasteiger partial charge in [-0.05, 0) is 12.5 Å². The van der Waals surface area contributed by atoms with Crippen molar-refractivity contribution >= 4 is 12.6 Å². The summed E-state index contributed by atoms with van der Waals surface area (Å²) in [7, 11) is 0. The van der Waals surface area contributed by atoms with Gasteiger partial charge >= 0.3 is 0 Å². The number of benzene rings is 1. The molecule has 0 radical (unpaired) electrons. The Hall–Kier alpha value is -1.64. The lowest BCUT2D eigenvalue weighted by molar-refractivity contribution is 1.26. The van der Waals surface area contributed by atoms with Crippen molar-refractivity contribution in [2.75, 3.05) is 0 Å². The van der Waals surface area contributed by atoms with Crippen molar-refractivity contribution in [2.24, 2.45) is 15.9 Å². The number of nitrogens with two attached hydrogens (primary N) is 1. The zero-order valence-electron chi connectivity index (χ0n) is 6.94. The molecule has 1 rings (SSSR count). The third-order valence-corrected chi connectivity index (χ3v) is 1.42. The number of rotatable bonds is 2. The van der Waals surface area contributed by atoms with Crippen molar-refractivity contribution in [1.82, 2.24) is 0 Å². The molecule has 0 bridgehead atoms. The summed E-state index contributed by atoms with van der Waals surface area (Å²) in [5.41, 5.74) is 7.26. The molecule has 0 spiro atoms. The van der Waals surface area contributed by atoms with Crippen molar-refractivity contribution in [2.45, 2.75) is 6.92 Å². The predicted molar refractivity (Wildman–Crippen MR) is 51.5 cm³/mol. The smallest absolute Gasteiger partial charge is 0.108 e. The zero-order chi connectivity index (χ0) is 8.81. The van der Waals surface area contributed by atoms with Crippen molar-refractivity contribution in [3.8, 4) is 0 Å². The first-order chi connectivity index (χ1) is 5.83. The van der Waals surface area contributed by atoms with Gasteiger partial charge in [0.25, 0.3) is 0 Å². The lowest BCUT2D eigenvalue weighted by Gasteiger charge is -1.91. The number of hydrogen-bond acceptors (Lipinski definition) is 2. The monoisotopic (exact) mass is 161 g/mol. The fourth-order valence-corrected chi connectivity index (χ4v) is 0.791. The van der Waals surface area contributed by atoms with Gasteiger partial charge in [0.05, 0.1) is 6.21 Å². The van der Waals surface area contributed by atoms with Gasteiger partial charge in [-0.15, -0.1) is 5.10 Å². The third-order valence-electron chi connectivity index (χ3n) is 1.42. The van der Waals surface area contributed by atoms with E-state index in [1.54, 1.807) is 6.21 Å². The minimum atomic E-state index is 1.02. The van der Waals surface area contributed by atoms with Crippen LogP contribution in [0, 0.1) is 6.92 Å². The fraction of sp³-hybridized carbons (Fsp3) is 0.111. The molecule has 0 amide bonds. The standard InChI is InChI=1S/C9H11N3/c1-8-2-4-9(5-3-8)6-11-12-7-10/h2-7H,1H3,(H2,10,12)/b11-6+. The van der Waals surface area contributed by atoms with E-state index in [-0.39, 0.29) is 0 Å². The Bertz CT molecular complexity index is 285. The Labute approximate surface area is 71.6 Å². The van der Waals surface area contributed by atoms with Gasteiger partial charge in [0.15, 0.2) is 0 Å². The molecule has 1 aromatic rings. The minimum absolute atomic E-state index is 1.02. The van der Waals surface area contributed by atoms with Crippen molar-refractivity contribution in [3.05, 3.63) is 35.4 Å². The summed E-state index contributed by atoms with van der Waals surface area (Å²) in [5.74, 6) is 0. The highest BCUT2D eigenvalue weighted by molar-refractivity contribution is 5.79. The van der Waals surface area contributed by atoms with Gasteiger partial charge in [-0.3, -0.25) is 0 Å². The summed E-state index contributed by atoms with van der Waals surface area (Å²) < 4.78 is 0. The maximum atomic E-state index is 5.01. The van der Waals surface area contributed by atoms with Crippen LogP contribution in [-0.4, -0.2) is 12.6 Å². The average Bonchev–Trinajstić information content (AvgIpc) is 2.09. The molecular weight excluding hydrogens is 150 g/mol. The second-order valence-electron chi connectivity index (χ2n) is 2.42. The highest BCUT2D eigenvalue weighted by Crippen LogP contribution is 1.99. The van der Waals surface area contributed by atoms with E-state index >= 15 is 0 Å². The Balaban J connectivity index is 2.70. The Kier molecular flexibility index (Phi) is 3.02. The topological polar surface area (TPSA) is 50.7 Å². The second-order valence-corrected chi connectivity index (χ2v) is 2.42. The average molecular weight is 161 g/mol. The van der Waals surface area contributed by atoms with Crippen LogP contribution in [0.3, 0.4) is 0 Å². The minimum Gasteiger partial charge on any atom is -0.388 e. The van der Waals surface area contributed by atoms with Crippen molar-refractivity contribution in [1.29, 1.82) is 0 Å². The molecule has 62 valence electrons. The fourth-order valence-electron chi connectivity index (χ4n) is 0.791. The predicted octanol–water partition coefficient (Wildman–Crippen LogP) is 1.32. The van der Waals surface area contributed by atoms with Crippen LogP contribution < -0.4 is 5.73 Å². The van der Waals surface area contributed by atoms with Gasteiger partial charge in [0, 0.05) is 0 Å². The largest absolute Gasteiger partial charge is 0.388 e. The van der Waals surface area contributed by atoms with Crippen LogP contribution in [0.2, 0.25) is 0 Å². The van der Waals surface area contributed by atoms with E-state index in [9.17, 15) is 0 Å². The molecule has 0 aliphatic heterocycles. The first kappa shape index (κ1) is 8.46. The molecule has 0 atom stereocenters. The number of hydrogen-bond donors (Lipinski definition) is 1. The van der Waals surface area contributed by atoms with Crippen LogP contribution in [0.4, 0.5) is 0 Å². The second kappa shape index (κ2) is 4.28. The van der Waals surface area contributed by atoms with E-state index in [1.807, 2.05) is 31.2 Å². The van der Waals surface area contributed by atoms with E-state index in [1.165, 1.54) is 5.56 Å². The molecule has 0 aliphatic carbocycles. The van der Waals surface area contributed by atoms with Gasteiger partial charge in [-0.25, -0.2) is 0 Å². The van der Waals surface area contributed by atoms with Crippen LogP contribution >= 0.6 is 0 Å². The SMILES string of the molecule is Cc1ccc(/C=N/N=C\N)cc1. The molecule has 3 nitrogen and oxygen atoms in total. The summed E-state index contributed by atoms with van der Waals surface area (Å²) >= 11 is 0. The Morgan fingerprint density at radius 1 is 1.17 bits per heavy atom.